The van der Waals surface area contributed by atoms with Crippen molar-refractivity contribution in [2.24, 2.45) is 10.9 Å². The molecule has 0 aromatic heterocycles. The van der Waals surface area contributed by atoms with Gasteiger partial charge in [0.25, 0.3) is 0 Å². The maximum Gasteiger partial charge on any atom is 0.363 e. The second-order valence-electron chi connectivity index (χ2n) is 7.13. The zero-order valence-electron chi connectivity index (χ0n) is 14.0. The van der Waals surface area contributed by atoms with Crippen molar-refractivity contribution in [1.29, 1.82) is 0 Å². The van der Waals surface area contributed by atoms with Gasteiger partial charge in [-0.05, 0) is 35.5 Å². The molecule has 1 aromatic carbocycles. The summed E-state index contributed by atoms with van der Waals surface area (Å²) in [6, 6.07) is 8.22. The van der Waals surface area contributed by atoms with Crippen LogP contribution in [0.1, 0.15) is 44.7 Å². The number of ether oxygens (including phenoxy) is 2. The van der Waals surface area contributed by atoms with Crippen molar-refractivity contribution in [3.05, 3.63) is 41.1 Å². The van der Waals surface area contributed by atoms with E-state index >= 15 is 0 Å². The van der Waals surface area contributed by atoms with E-state index in [4.69, 9.17) is 9.47 Å². The van der Waals surface area contributed by atoms with Crippen LogP contribution in [0.5, 0.6) is 0 Å². The van der Waals surface area contributed by atoms with Crippen LogP contribution >= 0.6 is 0 Å². The van der Waals surface area contributed by atoms with Gasteiger partial charge in [-0.3, -0.25) is 0 Å². The number of carbonyl (C=O) groups is 1. The fraction of sp³-hybridized carbons (Fsp3) is 0.474. The molecular weight excluding hydrogens is 290 g/mol. The Morgan fingerprint density at radius 3 is 2.39 bits per heavy atom. The standard InChI is InChI=1S/C19H23NO3/c1-19(2,3)15-6-4-13(5-7-15)12-16-18(21)23-17(20-16)14-8-10-22-11-9-14/h4-7,12,14H,8-11H2,1-3H3/b16-12+. The predicted octanol–water partition coefficient (Wildman–Crippen LogP) is 3.71. The van der Waals surface area contributed by atoms with Gasteiger partial charge in [-0.15, -0.1) is 0 Å². The lowest BCUT2D eigenvalue weighted by Crippen LogP contribution is -2.24. The van der Waals surface area contributed by atoms with E-state index in [-0.39, 0.29) is 17.3 Å². The van der Waals surface area contributed by atoms with Crippen LogP contribution in [0, 0.1) is 5.92 Å². The first-order valence-electron chi connectivity index (χ1n) is 8.14. The lowest BCUT2D eigenvalue weighted by molar-refractivity contribution is -0.130. The fourth-order valence-corrected chi connectivity index (χ4v) is 2.78. The average Bonchev–Trinajstić information content (AvgIpc) is 2.89. The number of aliphatic imine (C=N–C) groups is 1. The maximum absolute atomic E-state index is 12.0. The summed E-state index contributed by atoms with van der Waals surface area (Å²) in [6.07, 6.45) is 3.51. The summed E-state index contributed by atoms with van der Waals surface area (Å²) >= 11 is 0. The van der Waals surface area contributed by atoms with E-state index < -0.39 is 0 Å². The Balaban J connectivity index is 1.78. The Hall–Kier alpha value is -1.94. The van der Waals surface area contributed by atoms with Gasteiger partial charge < -0.3 is 9.47 Å². The van der Waals surface area contributed by atoms with Gasteiger partial charge in [0.15, 0.2) is 5.70 Å². The molecule has 1 fully saturated rings. The molecule has 0 radical (unpaired) electrons. The molecule has 1 aromatic rings. The number of rotatable bonds is 2. The minimum absolute atomic E-state index is 0.117. The van der Waals surface area contributed by atoms with E-state index in [1.54, 1.807) is 6.08 Å². The normalized spacial score (nSPS) is 21.4. The quantitative estimate of drug-likeness (QED) is 0.618. The first kappa shape index (κ1) is 15.9. The first-order chi connectivity index (χ1) is 10.9. The number of hydrogen-bond acceptors (Lipinski definition) is 4. The lowest BCUT2D eigenvalue weighted by atomic mass is 9.87. The van der Waals surface area contributed by atoms with Crippen molar-refractivity contribution in [1.82, 2.24) is 0 Å². The lowest BCUT2D eigenvalue weighted by Gasteiger charge is -2.20. The van der Waals surface area contributed by atoms with Crippen molar-refractivity contribution in [2.75, 3.05) is 13.2 Å². The summed E-state index contributed by atoms with van der Waals surface area (Å²) in [4.78, 5) is 16.4. The monoisotopic (exact) mass is 313 g/mol. The van der Waals surface area contributed by atoms with Crippen LogP contribution in [0.3, 0.4) is 0 Å². The number of hydrogen-bond donors (Lipinski definition) is 0. The predicted molar refractivity (Wildman–Crippen MR) is 90.2 cm³/mol. The third-order valence-corrected chi connectivity index (χ3v) is 4.29. The van der Waals surface area contributed by atoms with Crippen LogP contribution in [0.15, 0.2) is 35.0 Å². The van der Waals surface area contributed by atoms with E-state index in [2.05, 4.69) is 37.9 Å². The molecule has 2 aliphatic rings. The molecule has 2 heterocycles. The van der Waals surface area contributed by atoms with Crippen molar-refractivity contribution in [3.63, 3.8) is 0 Å². The third-order valence-electron chi connectivity index (χ3n) is 4.29. The van der Waals surface area contributed by atoms with E-state index in [0.29, 0.717) is 24.8 Å². The van der Waals surface area contributed by atoms with Gasteiger partial charge in [-0.1, -0.05) is 45.0 Å². The Morgan fingerprint density at radius 2 is 1.78 bits per heavy atom. The highest BCUT2D eigenvalue weighted by Crippen LogP contribution is 2.26. The molecule has 0 bridgehead atoms. The Morgan fingerprint density at radius 1 is 1.13 bits per heavy atom. The molecule has 0 saturated carbocycles. The van der Waals surface area contributed by atoms with Gasteiger partial charge in [0.05, 0.1) is 0 Å². The molecule has 4 heteroatoms. The van der Waals surface area contributed by atoms with Gasteiger partial charge in [0.1, 0.15) is 0 Å². The second-order valence-corrected chi connectivity index (χ2v) is 7.13. The van der Waals surface area contributed by atoms with E-state index in [1.807, 2.05) is 12.1 Å². The van der Waals surface area contributed by atoms with Gasteiger partial charge in [-0.25, -0.2) is 9.79 Å². The number of carbonyl (C=O) groups excluding carboxylic acids is 1. The molecule has 0 N–H and O–H groups in total. The molecule has 2 aliphatic heterocycles. The molecule has 23 heavy (non-hydrogen) atoms. The maximum atomic E-state index is 12.0. The van der Waals surface area contributed by atoms with Crippen molar-refractivity contribution < 1.29 is 14.3 Å². The number of cyclic esters (lactones) is 1. The molecular formula is C19H23NO3. The molecule has 122 valence electrons. The topological polar surface area (TPSA) is 47.9 Å². The van der Waals surface area contributed by atoms with Crippen LogP contribution in [-0.4, -0.2) is 25.1 Å². The minimum Gasteiger partial charge on any atom is -0.406 e. The first-order valence-corrected chi connectivity index (χ1v) is 8.14. The van der Waals surface area contributed by atoms with Crippen molar-refractivity contribution >= 4 is 17.9 Å². The van der Waals surface area contributed by atoms with Crippen LogP contribution < -0.4 is 0 Å². The average molecular weight is 313 g/mol. The zero-order valence-corrected chi connectivity index (χ0v) is 14.0. The van der Waals surface area contributed by atoms with Crippen LogP contribution in [-0.2, 0) is 19.7 Å². The van der Waals surface area contributed by atoms with Gasteiger partial charge in [-0.2, -0.15) is 0 Å². The van der Waals surface area contributed by atoms with Gasteiger partial charge in [0, 0.05) is 19.1 Å². The zero-order chi connectivity index (χ0) is 16.4. The Kier molecular flexibility index (Phi) is 4.35. The summed E-state index contributed by atoms with van der Waals surface area (Å²) in [5.41, 5.74) is 2.73. The molecule has 0 spiro atoms. The summed E-state index contributed by atoms with van der Waals surface area (Å²) < 4.78 is 10.7. The highest BCUT2D eigenvalue weighted by atomic mass is 16.6. The molecule has 4 nitrogen and oxygen atoms in total. The Bertz CT molecular complexity index is 644. The largest absolute Gasteiger partial charge is 0.406 e. The highest BCUT2D eigenvalue weighted by Gasteiger charge is 2.30. The number of benzene rings is 1. The number of esters is 1. The molecule has 0 atom stereocenters. The summed E-state index contributed by atoms with van der Waals surface area (Å²) in [5, 5.41) is 0. The van der Waals surface area contributed by atoms with Gasteiger partial charge >= 0.3 is 5.97 Å². The third kappa shape index (κ3) is 3.70. The highest BCUT2D eigenvalue weighted by molar-refractivity contribution is 6.07. The molecule has 0 amide bonds. The van der Waals surface area contributed by atoms with E-state index in [1.165, 1.54) is 5.56 Å². The molecule has 0 unspecified atom stereocenters. The summed E-state index contributed by atoms with van der Waals surface area (Å²) in [5.74, 6) is 0.393. The van der Waals surface area contributed by atoms with Gasteiger partial charge in [0.2, 0.25) is 5.90 Å². The number of nitrogens with zero attached hydrogens (tertiary/aromatic N) is 1. The van der Waals surface area contributed by atoms with E-state index in [0.717, 1.165) is 18.4 Å². The fourth-order valence-electron chi connectivity index (χ4n) is 2.78. The van der Waals surface area contributed by atoms with Crippen molar-refractivity contribution in [2.45, 2.75) is 39.0 Å². The summed E-state index contributed by atoms with van der Waals surface area (Å²) in [6.45, 7) is 7.95. The summed E-state index contributed by atoms with van der Waals surface area (Å²) in [7, 11) is 0. The SMILES string of the molecule is CC(C)(C)c1ccc(/C=C2/N=C(C3CCOCC3)OC2=O)cc1. The van der Waals surface area contributed by atoms with Crippen LogP contribution in [0.2, 0.25) is 0 Å². The minimum atomic E-state index is -0.355. The second kappa shape index (κ2) is 6.28. The molecule has 3 rings (SSSR count). The van der Waals surface area contributed by atoms with E-state index in [9.17, 15) is 4.79 Å². The van der Waals surface area contributed by atoms with Crippen LogP contribution in [0.25, 0.3) is 6.08 Å². The Labute approximate surface area is 137 Å². The van der Waals surface area contributed by atoms with Crippen molar-refractivity contribution in [3.8, 4) is 0 Å². The molecule has 0 aliphatic carbocycles. The molecule has 1 saturated heterocycles. The van der Waals surface area contributed by atoms with Crippen LogP contribution in [0.4, 0.5) is 0 Å². The smallest absolute Gasteiger partial charge is 0.363 e.